The van der Waals surface area contributed by atoms with Gasteiger partial charge in [-0.05, 0) is 24.6 Å². The van der Waals surface area contributed by atoms with Gasteiger partial charge in [0.15, 0.2) is 5.78 Å². The van der Waals surface area contributed by atoms with Crippen LogP contribution < -0.4 is 0 Å². The van der Waals surface area contributed by atoms with Gasteiger partial charge in [0.2, 0.25) is 11.6 Å². The number of carbonyl (C=O) groups excluding carboxylic acids is 3. The first-order valence-electron chi connectivity index (χ1n) is 3.77. The van der Waals surface area contributed by atoms with Crippen LogP contribution >= 0.6 is 0 Å². The fourth-order valence-corrected chi connectivity index (χ4v) is 0.956. The van der Waals surface area contributed by atoms with E-state index in [-0.39, 0.29) is 5.78 Å². The van der Waals surface area contributed by atoms with E-state index >= 15 is 0 Å². The summed E-state index contributed by atoms with van der Waals surface area (Å²) < 4.78 is 0. The van der Waals surface area contributed by atoms with Crippen LogP contribution in [0.5, 0.6) is 0 Å². The molecule has 0 atom stereocenters. The maximum Gasteiger partial charge on any atom is 0.226 e. The van der Waals surface area contributed by atoms with E-state index in [1.165, 1.54) is 6.08 Å². The third kappa shape index (κ3) is 2.08. The van der Waals surface area contributed by atoms with E-state index < -0.39 is 11.6 Å². The molecule has 66 valence electrons. The van der Waals surface area contributed by atoms with Gasteiger partial charge in [0.05, 0.1) is 0 Å². The molecule has 0 spiro atoms. The lowest BCUT2D eigenvalue weighted by molar-refractivity contribution is -0.130. The fourth-order valence-electron chi connectivity index (χ4n) is 0.956. The molecule has 0 bridgehead atoms. The van der Waals surface area contributed by atoms with Crippen LogP contribution in [-0.4, -0.2) is 17.3 Å². The standard InChI is InChI=1S/C10H8O3/c1-2-3-7-6-10(13)9(12)5-4-8(7)11/h2,4-6H,1,3H2. The third-order valence-electron chi connectivity index (χ3n) is 1.61. The lowest BCUT2D eigenvalue weighted by Crippen LogP contribution is -2.06. The molecule has 0 aromatic heterocycles. The zero-order valence-electron chi connectivity index (χ0n) is 6.95. The summed E-state index contributed by atoms with van der Waals surface area (Å²) in [5.41, 5.74) is 0.308. The highest BCUT2D eigenvalue weighted by Gasteiger charge is 2.16. The first kappa shape index (κ1) is 9.32. The maximum atomic E-state index is 11.2. The van der Waals surface area contributed by atoms with Gasteiger partial charge in [0.1, 0.15) is 0 Å². The summed E-state index contributed by atoms with van der Waals surface area (Å²) in [4.78, 5) is 33.0. The van der Waals surface area contributed by atoms with Crippen molar-refractivity contribution in [3.8, 4) is 0 Å². The Labute approximate surface area is 75.4 Å². The summed E-state index contributed by atoms with van der Waals surface area (Å²) in [7, 11) is 0. The monoisotopic (exact) mass is 176 g/mol. The first-order valence-corrected chi connectivity index (χ1v) is 3.77. The summed E-state index contributed by atoms with van der Waals surface area (Å²) >= 11 is 0. The first-order chi connectivity index (χ1) is 6.15. The van der Waals surface area contributed by atoms with Crippen molar-refractivity contribution in [1.29, 1.82) is 0 Å². The number of allylic oxidation sites excluding steroid dienone is 5. The van der Waals surface area contributed by atoms with Crippen molar-refractivity contribution in [1.82, 2.24) is 0 Å². The summed E-state index contributed by atoms with van der Waals surface area (Å²) in [6.45, 7) is 3.45. The zero-order valence-corrected chi connectivity index (χ0v) is 6.95. The van der Waals surface area contributed by atoms with Gasteiger partial charge in [-0.25, -0.2) is 0 Å². The van der Waals surface area contributed by atoms with Gasteiger partial charge in [-0.15, -0.1) is 6.58 Å². The number of hydrogen-bond donors (Lipinski definition) is 0. The number of ketones is 3. The Morgan fingerprint density at radius 2 is 1.69 bits per heavy atom. The minimum atomic E-state index is -0.660. The van der Waals surface area contributed by atoms with Crippen molar-refractivity contribution in [3.63, 3.8) is 0 Å². The largest absolute Gasteiger partial charge is 0.290 e. The molecule has 1 rings (SSSR count). The minimum absolute atomic E-state index is 0.306. The summed E-state index contributed by atoms with van der Waals surface area (Å²) in [6, 6.07) is 0. The molecule has 0 N–H and O–H groups in total. The third-order valence-corrected chi connectivity index (χ3v) is 1.61. The van der Waals surface area contributed by atoms with E-state index in [1.807, 2.05) is 0 Å². The van der Waals surface area contributed by atoms with E-state index in [9.17, 15) is 14.4 Å². The summed E-state index contributed by atoms with van der Waals surface area (Å²) in [5.74, 6) is -1.62. The molecule has 0 amide bonds. The molecule has 0 saturated heterocycles. The van der Waals surface area contributed by atoms with Crippen LogP contribution in [0.1, 0.15) is 6.42 Å². The fraction of sp³-hybridized carbons (Fsp3) is 0.100. The highest BCUT2D eigenvalue weighted by atomic mass is 16.2. The van der Waals surface area contributed by atoms with E-state index in [0.29, 0.717) is 12.0 Å². The Kier molecular flexibility index (Phi) is 2.69. The Hall–Kier alpha value is -1.77. The van der Waals surface area contributed by atoms with Gasteiger partial charge in [-0.1, -0.05) is 6.08 Å². The molecule has 1 aliphatic carbocycles. The van der Waals surface area contributed by atoms with Crippen LogP contribution in [0.2, 0.25) is 0 Å². The molecular weight excluding hydrogens is 168 g/mol. The molecule has 0 fully saturated rings. The number of hydrogen-bond acceptors (Lipinski definition) is 3. The lowest BCUT2D eigenvalue weighted by Gasteiger charge is -1.94. The van der Waals surface area contributed by atoms with Crippen molar-refractivity contribution in [2.24, 2.45) is 0 Å². The predicted molar refractivity (Wildman–Crippen MR) is 47.1 cm³/mol. The molecule has 3 heteroatoms. The van der Waals surface area contributed by atoms with E-state index in [4.69, 9.17) is 0 Å². The van der Waals surface area contributed by atoms with Crippen LogP contribution in [0.15, 0.2) is 36.5 Å². The normalized spacial score (nSPS) is 16.9. The van der Waals surface area contributed by atoms with Gasteiger partial charge >= 0.3 is 0 Å². The maximum absolute atomic E-state index is 11.2. The van der Waals surface area contributed by atoms with Crippen LogP contribution in [0.4, 0.5) is 0 Å². The smallest absolute Gasteiger partial charge is 0.226 e. The second kappa shape index (κ2) is 3.76. The van der Waals surface area contributed by atoms with Gasteiger partial charge in [0.25, 0.3) is 0 Å². The highest BCUT2D eigenvalue weighted by Crippen LogP contribution is 2.08. The Balaban J connectivity index is 3.05. The molecule has 1 aliphatic rings. The van der Waals surface area contributed by atoms with Crippen molar-refractivity contribution in [2.45, 2.75) is 6.42 Å². The average Bonchev–Trinajstić information content (AvgIpc) is 2.21. The molecule has 3 nitrogen and oxygen atoms in total. The molecule has 0 aromatic carbocycles. The Morgan fingerprint density at radius 3 is 2.31 bits per heavy atom. The molecule has 13 heavy (non-hydrogen) atoms. The second-order valence-electron chi connectivity index (χ2n) is 2.59. The highest BCUT2D eigenvalue weighted by molar-refractivity contribution is 6.47. The average molecular weight is 176 g/mol. The van der Waals surface area contributed by atoms with Crippen LogP contribution in [0, 0.1) is 0 Å². The van der Waals surface area contributed by atoms with Crippen LogP contribution in [-0.2, 0) is 14.4 Å². The quantitative estimate of drug-likeness (QED) is 0.461. The van der Waals surface area contributed by atoms with Crippen LogP contribution in [0.3, 0.4) is 0 Å². The van der Waals surface area contributed by atoms with Crippen molar-refractivity contribution < 1.29 is 14.4 Å². The topological polar surface area (TPSA) is 51.2 Å². The summed E-state index contributed by atoms with van der Waals surface area (Å²) in [6.07, 6.45) is 5.01. The Bertz CT molecular complexity index is 345. The molecule has 0 saturated carbocycles. The number of rotatable bonds is 2. The van der Waals surface area contributed by atoms with Crippen molar-refractivity contribution in [3.05, 3.63) is 36.5 Å². The SMILES string of the molecule is C=CCC1=CC(=O)C(=O)C=CC1=O. The van der Waals surface area contributed by atoms with E-state index in [2.05, 4.69) is 6.58 Å². The zero-order chi connectivity index (χ0) is 9.84. The molecule has 0 aromatic rings. The summed E-state index contributed by atoms with van der Waals surface area (Å²) in [5, 5.41) is 0. The van der Waals surface area contributed by atoms with Crippen molar-refractivity contribution >= 4 is 17.3 Å². The van der Waals surface area contributed by atoms with Gasteiger partial charge < -0.3 is 0 Å². The molecular formula is C10H8O3. The van der Waals surface area contributed by atoms with Crippen LogP contribution in [0.25, 0.3) is 0 Å². The molecule has 0 aliphatic heterocycles. The molecule has 0 radical (unpaired) electrons. The second-order valence-corrected chi connectivity index (χ2v) is 2.59. The van der Waals surface area contributed by atoms with Gasteiger partial charge in [-0.2, -0.15) is 0 Å². The number of carbonyl (C=O) groups is 3. The van der Waals surface area contributed by atoms with Gasteiger partial charge in [0, 0.05) is 5.57 Å². The van der Waals surface area contributed by atoms with E-state index in [0.717, 1.165) is 18.2 Å². The minimum Gasteiger partial charge on any atom is -0.290 e. The molecule has 0 unspecified atom stereocenters. The van der Waals surface area contributed by atoms with Crippen molar-refractivity contribution in [2.75, 3.05) is 0 Å². The van der Waals surface area contributed by atoms with Gasteiger partial charge in [-0.3, -0.25) is 14.4 Å². The van der Waals surface area contributed by atoms with E-state index in [1.54, 1.807) is 0 Å². The molecule has 0 heterocycles. The lowest BCUT2D eigenvalue weighted by atomic mass is 10.1. The Morgan fingerprint density at radius 1 is 1.08 bits per heavy atom. The predicted octanol–water partition coefficient (Wildman–Crippen LogP) is 0.766.